The first-order valence-electron chi connectivity index (χ1n) is 9.27. The van der Waals surface area contributed by atoms with Crippen molar-refractivity contribution in [1.29, 1.82) is 0 Å². The Bertz CT molecular complexity index is 1350. The molecule has 0 aliphatic heterocycles. The molecule has 0 aliphatic carbocycles. The van der Waals surface area contributed by atoms with E-state index in [-0.39, 0.29) is 29.1 Å². The van der Waals surface area contributed by atoms with Crippen LogP contribution >= 0.6 is 0 Å². The number of rotatable bonds is 6. The van der Waals surface area contributed by atoms with Gasteiger partial charge in [-0.05, 0) is 37.0 Å². The van der Waals surface area contributed by atoms with E-state index < -0.39 is 27.7 Å². The number of hydrogen-bond donors (Lipinski definition) is 1. The molecule has 2 aromatic heterocycles. The van der Waals surface area contributed by atoms with Gasteiger partial charge in [0.15, 0.2) is 11.6 Å². The van der Waals surface area contributed by atoms with Crippen LogP contribution in [0.3, 0.4) is 0 Å². The van der Waals surface area contributed by atoms with Crippen LogP contribution in [0.25, 0.3) is 15.7 Å². The fourth-order valence-corrected chi connectivity index (χ4v) is 3.29. The number of aryl methyl sites for hydroxylation is 1. The predicted octanol–water partition coefficient (Wildman–Crippen LogP) is 2.76. The zero-order chi connectivity index (χ0) is 23.6. The Labute approximate surface area is 183 Å². The Hall–Kier alpha value is -3.51. The van der Waals surface area contributed by atoms with Crippen LogP contribution < -0.4 is 15.1 Å². The molecule has 0 saturated heterocycles. The summed E-state index contributed by atoms with van der Waals surface area (Å²) in [6, 6.07) is 5.29. The van der Waals surface area contributed by atoms with E-state index >= 15 is 0 Å². The van der Waals surface area contributed by atoms with Crippen LogP contribution in [0.2, 0.25) is 0 Å². The van der Waals surface area contributed by atoms with Crippen molar-refractivity contribution in [2.45, 2.75) is 13.3 Å². The van der Waals surface area contributed by atoms with Gasteiger partial charge in [0.05, 0.1) is 0 Å². The van der Waals surface area contributed by atoms with E-state index in [2.05, 4.69) is 14.4 Å². The fourth-order valence-electron chi connectivity index (χ4n) is 2.85. The summed E-state index contributed by atoms with van der Waals surface area (Å²) in [5.41, 5.74) is 0.675. The molecule has 1 aromatic carbocycles. The highest BCUT2D eigenvalue weighted by atomic mass is 32.2. The maximum Gasteiger partial charge on any atom is 0.414 e. The summed E-state index contributed by atoms with van der Waals surface area (Å²) in [5, 5.41) is 0.332. The smallest absolute Gasteiger partial charge is 0.414 e. The molecule has 0 unspecified atom stereocenters. The lowest BCUT2D eigenvalue weighted by molar-refractivity contribution is 0.170. The molecule has 12 heteroatoms. The zero-order valence-corrected chi connectivity index (χ0v) is 18.5. The number of benzene rings is 1. The first-order valence-corrected chi connectivity index (χ1v) is 10.7. The Morgan fingerprint density at radius 3 is 2.69 bits per heavy atom. The van der Waals surface area contributed by atoms with Crippen LogP contribution in [0.5, 0.6) is 5.75 Å². The molecule has 0 bridgehead atoms. The number of ether oxygens (including phenoxy) is 1. The van der Waals surface area contributed by atoms with Crippen LogP contribution in [0, 0.1) is 12.7 Å². The number of amides is 1. The highest BCUT2D eigenvalue weighted by Gasteiger charge is 2.18. The topological polar surface area (TPSA) is 133 Å². The minimum absolute atomic E-state index is 0.0573. The van der Waals surface area contributed by atoms with Gasteiger partial charge in [0.25, 0.3) is 0 Å². The highest BCUT2D eigenvalue weighted by Crippen LogP contribution is 2.29. The molecule has 0 atom stereocenters. The molecule has 170 valence electrons. The number of aromatic nitrogens is 1. The quantitative estimate of drug-likeness (QED) is 0.556. The van der Waals surface area contributed by atoms with Crippen molar-refractivity contribution in [2.75, 3.05) is 21.1 Å². The largest absolute Gasteiger partial charge is 0.442 e. The van der Waals surface area contributed by atoms with Crippen molar-refractivity contribution in [3.8, 4) is 5.75 Å². The molecule has 32 heavy (non-hydrogen) atoms. The summed E-state index contributed by atoms with van der Waals surface area (Å²) in [7, 11) is 0.238. The second-order valence-corrected chi connectivity index (χ2v) is 8.54. The fraction of sp³-hybridized carbons (Fsp3) is 0.250. The highest BCUT2D eigenvalue weighted by molar-refractivity contribution is 7.92. The molecule has 1 amide bonds. The molecule has 0 spiro atoms. The van der Waals surface area contributed by atoms with Gasteiger partial charge >= 0.3 is 11.7 Å². The molecular formula is C20H20FN4O6S-. The second-order valence-electron chi connectivity index (χ2n) is 7.00. The first kappa shape index (κ1) is 23.2. The van der Waals surface area contributed by atoms with Crippen LogP contribution in [0.15, 0.2) is 39.7 Å². The third-order valence-corrected chi connectivity index (χ3v) is 5.51. The molecule has 0 radical (unpaired) electrons. The van der Waals surface area contributed by atoms with Crippen molar-refractivity contribution >= 4 is 33.1 Å². The number of pyridine rings is 1. The maximum atomic E-state index is 14.5. The first-order chi connectivity index (χ1) is 15.0. The van der Waals surface area contributed by atoms with E-state index in [1.807, 2.05) is 0 Å². The zero-order valence-electron chi connectivity index (χ0n) is 17.7. The van der Waals surface area contributed by atoms with Gasteiger partial charge in [-0.15, -0.1) is 0 Å². The second kappa shape index (κ2) is 8.93. The van der Waals surface area contributed by atoms with E-state index in [0.29, 0.717) is 16.5 Å². The summed E-state index contributed by atoms with van der Waals surface area (Å²) >= 11 is 0. The predicted molar refractivity (Wildman–Crippen MR) is 115 cm³/mol. The number of fused-ring (bicyclic) bond motifs is 1. The Balaban J connectivity index is 1.98. The summed E-state index contributed by atoms with van der Waals surface area (Å²) in [6.45, 7) is 1.64. The van der Waals surface area contributed by atoms with Crippen LogP contribution in [0.1, 0.15) is 16.7 Å². The van der Waals surface area contributed by atoms with Crippen molar-refractivity contribution in [2.24, 2.45) is 0 Å². The van der Waals surface area contributed by atoms with Crippen LogP contribution in [0.4, 0.5) is 15.0 Å². The number of carbonyl (C=O) groups is 1. The van der Waals surface area contributed by atoms with Gasteiger partial charge in [0, 0.05) is 37.5 Å². The average Bonchev–Trinajstić information content (AvgIpc) is 2.72. The van der Waals surface area contributed by atoms with Gasteiger partial charge in [0.1, 0.15) is 5.58 Å². The van der Waals surface area contributed by atoms with Gasteiger partial charge in [-0.25, -0.2) is 27.1 Å². The normalized spacial score (nSPS) is 11.4. The van der Waals surface area contributed by atoms with Crippen molar-refractivity contribution < 1.29 is 26.8 Å². The Kier molecular flexibility index (Phi) is 6.46. The molecule has 1 N–H and O–H groups in total. The molecule has 0 saturated carbocycles. The Morgan fingerprint density at radius 2 is 2.03 bits per heavy atom. The van der Waals surface area contributed by atoms with Crippen LogP contribution in [-0.4, -0.2) is 45.5 Å². The molecule has 0 fully saturated rings. The molecule has 10 nitrogen and oxygen atoms in total. The van der Waals surface area contributed by atoms with E-state index in [1.165, 1.54) is 33.4 Å². The molecule has 0 aliphatic rings. The van der Waals surface area contributed by atoms with Crippen molar-refractivity contribution in [3.63, 3.8) is 0 Å². The van der Waals surface area contributed by atoms with Gasteiger partial charge in [0.2, 0.25) is 10.2 Å². The Morgan fingerprint density at radius 1 is 1.31 bits per heavy atom. The summed E-state index contributed by atoms with van der Waals surface area (Å²) < 4.78 is 53.6. The maximum absolute atomic E-state index is 14.5. The van der Waals surface area contributed by atoms with E-state index in [0.717, 1.165) is 17.0 Å². The van der Waals surface area contributed by atoms with Crippen LogP contribution in [-0.2, 0) is 16.6 Å². The number of halogens is 1. The van der Waals surface area contributed by atoms with E-state index in [9.17, 15) is 22.4 Å². The average molecular weight is 463 g/mol. The lowest BCUT2D eigenvalue weighted by Gasteiger charge is -2.16. The van der Waals surface area contributed by atoms with Crippen molar-refractivity contribution in [3.05, 3.63) is 68.1 Å². The molecule has 3 rings (SSSR count). The van der Waals surface area contributed by atoms with E-state index in [4.69, 9.17) is 9.15 Å². The summed E-state index contributed by atoms with van der Waals surface area (Å²) in [4.78, 5) is 29.4. The van der Waals surface area contributed by atoms with Gasteiger partial charge in [-0.2, -0.15) is 0 Å². The van der Waals surface area contributed by atoms with Gasteiger partial charge < -0.3 is 23.8 Å². The number of carbonyl (C=O) groups excluding carboxylic acids is 1. The lowest BCUT2D eigenvalue weighted by Crippen LogP contribution is -2.25. The van der Waals surface area contributed by atoms with Gasteiger partial charge in [-0.3, -0.25) is 0 Å². The minimum atomic E-state index is -3.88. The lowest BCUT2D eigenvalue weighted by atomic mass is 10.00. The molecule has 3 aromatic rings. The number of hydrogen-bond acceptors (Lipinski definition) is 7. The SMILES string of the molecule is CNS(=O)(=O)[N-]c1cc(Cc2c(C)c3cc(F)c(OC(=O)N(C)C)cc3oc2=O)ccn1. The summed E-state index contributed by atoms with van der Waals surface area (Å²) in [5.74, 6) is -1.21. The van der Waals surface area contributed by atoms with Crippen molar-refractivity contribution in [1.82, 2.24) is 14.6 Å². The summed E-state index contributed by atoms with van der Waals surface area (Å²) in [6.07, 6.45) is 0.661. The standard InChI is InChI=1S/C20H20FN4O6S/c1-11-13-9-15(21)17(31-20(27)25(3)4)10-16(13)30-19(26)14(11)7-12-5-6-23-18(8-12)24-32(28,29)22-2/h5-6,8-10,22H,7H2,1-4H3/q-1. The molecule has 2 heterocycles. The monoisotopic (exact) mass is 463 g/mol. The number of nitrogens with one attached hydrogen (secondary N) is 1. The van der Waals surface area contributed by atoms with Gasteiger partial charge in [-0.1, -0.05) is 18.3 Å². The third-order valence-electron chi connectivity index (χ3n) is 4.56. The minimum Gasteiger partial charge on any atom is -0.442 e. The molecular weight excluding hydrogens is 443 g/mol. The van der Waals surface area contributed by atoms with E-state index in [1.54, 1.807) is 13.0 Å². The number of nitrogens with zero attached hydrogens (tertiary/aromatic N) is 3. The third kappa shape index (κ3) is 5.03.